The smallest absolute Gasteiger partial charge is 0.228 e. The van der Waals surface area contributed by atoms with Crippen LogP contribution in [0.1, 0.15) is 5.56 Å². The van der Waals surface area contributed by atoms with Crippen LogP contribution in [0.5, 0.6) is 11.5 Å². The van der Waals surface area contributed by atoms with Gasteiger partial charge in [0.25, 0.3) is 0 Å². The van der Waals surface area contributed by atoms with E-state index in [4.69, 9.17) is 9.47 Å². The van der Waals surface area contributed by atoms with Gasteiger partial charge in [0.1, 0.15) is 0 Å². The van der Waals surface area contributed by atoms with Crippen LogP contribution in [-0.2, 0) is 11.2 Å². The van der Waals surface area contributed by atoms with Gasteiger partial charge in [0.15, 0.2) is 11.5 Å². The molecule has 24 heavy (non-hydrogen) atoms. The first kappa shape index (κ1) is 15.8. The molecule has 0 unspecified atom stereocenters. The molecule has 0 aliphatic rings. The number of anilines is 1. The van der Waals surface area contributed by atoms with Gasteiger partial charge in [-0.05, 0) is 29.8 Å². The van der Waals surface area contributed by atoms with E-state index in [1.165, 1.54) is 0 Å². The van der Waals surface area contributed by atoms with E-state index in [2.05, 4.69) is 10.3 Å². The van der Waals surface area contributed by atoms with Gasteiger partial charge >= 0.3 is 0 Å². The first-order valence-corrected chi connectivity index (χ1v) is 7.55. The van der Waals surface area contributed by atoms with Gasteiger partial charge in [-0.1, -0.05) is 18.2 Å². The Balaban J connectivity index is 1.78. The van der Waals surface area contributed by atoms with Crippen molar-refractivity contribution in [3.8, 4) is 11.5 Å². The molecular formula is C19H18N2O3. The summed E-state index contributed by atoms with van der Waals surface area (Å²) in [6.45, 7) is 0. The minimum Gasteiger partial charge on any atom is -0.493 e. The predicted octanol–water partition coefficient (Wildman–Crippen LogP) is 3.43. The van der Waals surface area contributed by atoms with Crippen molar-refractivity contribution in [1.29, 1.82) is 0 Å². The molecule has 0 atom stereocenters. The van der Waals surface area contributed by atoms with Crippen molar-refractivity contribution >= 4 is 22.4 Å². The first-order valence-electron chi connectivity index (χ1n) is 7.55. The minimum absolute atomic E-state index is 0.0912. The zero-order chi connectivity index (χ0) is 16.9. The standard InChI is InChI=1S/C19H18N2O3/c1-23-17-7-6-13(10-18(17)24-2)11-19(22)21-16-5-3-4-14-12-20-9-8-15(14)16/h3-10,12H,11H2,1-2H3,(H,21,22). The van der Waals surface area contributed by atoms with Gasteiger partial charge in [-0.2, -0.15) is 0 Å². The lowest BCUT2D eigenvalue weighted by Gasteiger charge is -2.11. The third-order valence-corrected chi connectivity index (χ3v) is 3.77. The molecule has 1 aromatic heterocycles. The Bertz CT molecular complexity index is 872. The van der Waals surface area contributed by atoms with E-state index < -0.39 is 0 Å². The van der Waals surface area contributed by atoms with E-state index in [-0.39, 0.29) is 12.3 Å². The normalized spacial score (nSPS) is 10.4. The second-order valence-corrected chi connectivity index (χ2v) is 5.32. The Morgan fingerprint density at radius 3 is 2.71 bits per heavy atom. The van der Waals surface area contributed by atoms with Crippen LogP contribution in [0.2, 0.25) is 0 Å². The third kappa shape index (κ3) is 3.30. The molecule has 0 aliphatic heterocycles. The molecule has 2 aromatic carbocycles. The molecule has 0 bridgehead atoms. The lowest BCUT2D eigenvalue weighted by atomic mass is 10.1. The van der Waals surface area contributed by atoms with Crippen LogP contribution in [0.25, 0.3) is 10.8 Å². The Morgan fingerprint density at radius 1 is 1.08 bits per heavy atom. The van der Waals surface area contributed by atoms with E-state index >= 15 is 0 Å². The summed E-state index contributed by atoms with van der Waals surface area (Å²) >= 11 is 0. The van der Waals surface area contributed by atoms with Gasteiger partial charge < -0.3 is 14.8 Å². The third-order valence-electron chi connectivity index (χ3n) is 3.77. The van der Waals surface area contributed by atoms with Crippen LogP contribution in [-0.4, -0.2) is 25.1 Å². The van der Waals surface area contributed by atoms with Gasteiger partial charge in [-0.3, -0.25) is 9.78 Å². The van der Waals surface area contributed by atoms with Crippen LogP contribution in [0.4, 0.5) is 5.69 Å². The first-order chi connectivity index (χ1) is 11.7. The van der Waals surface area contributed by atoms with E-state index in [0.717, 1.165) is 22.0 Å². The SMILES string of the molecule is COc1ccc(CC(=O)Nc2cccc3cnccc23)cc1OC. The molecule has 1 amide bonds. The summed E-state index contributed by atoms with van der Waals surface area (Å²) in [5.74, 6) is 1.16. The van der Waals surface area contributed by atoms with E-state index in [9.17, 15) is 4.79 Å². The number of nitrogens with zero attached hydrogens (tertiary/aromatic N) is 1. The van der Waals surface area contributed by atoms with Gasteiger partial charge in [0.05, 0.1) is 20.6 Å². The topological polar surface area (TPSA) is 60.5 Å². The number of carbonyl (C=O) groups is 1. The van der Waals surface area contributed by atoms with Crippen LogP contribution in [0, 0.1) is 0 Å². The number of benzene rings is 2. The van der Waals surface area contributed by atoms with Crippen molar-refractivity contribution in [3.05, 3.63) is 60.4 Å². The molecule has 1 N–H and O–H groups in total. The molecule has 0 spiro atoms. The molecule has 122 valence electrons. The Hall–Kier alpha value is -3.08. The maximum Gasteiger partial charge on any atom is 0.228 e. The van der Waals surface area contributed by atoms with Crippen molar-refractivity contribution in [2.75, 3.05) is 19.5 Å². The van der Waals surface area contributed by atoms with Gasteiger partial charge in [0, 0.05) is 28.9 Å². The number of amides is 1. The summed E-state index contributed by atoms with van der Waals surface area (Å²) in [6, 6.07) is 13.1. The fourth-order valence-electron chi connectivity index (χ4n) is 2.60. The second-order valence-electron chi connectivity index (χ2n) is 5.32. The molecule has 0 aliphatic carbocycles. The van der Waals surface area contributed by atoms with Crippen molar-refractivity contribution in [1.82, 2.24) is 4.98 Å². The average molecular weight is 322 g/mol. The molecule has 0 fully saturated rings. The van der Waals surface area contributed by atoms with Gasteiger partial charge in [-0.15, -0.1) is 0 Å². The molecule has 3 aromatic rings. The number of nitrogens with one attached hydrogen (secondary N) is 1. The van der Waals surface area contributed by atoms with Crippen molar-refractivity contribution < 1.29 is 14.3 Å². The van der Waals surface area contributed by atoms with Crippen LogP contribution in [0.3, 0.4) is 0 Å². The largest absolute Gasteiger partial charge is 0.493 e. The summed E-state index contributed by atoms with van der Waals surface area (Å²) in [6.07, 6.45) is 3.74. The Labute approximate surface area is 140 Å². The number of hydrogen-bond donors (Lipinski definition) is 1. The predicted molar refractivity (Wildman–Crippen MR) is 93.6 cm³/mol. The lowest BCUT2D eigenvalue weighted by Crippen LogP contribution is -2.14. The summed E-state index contributed by atoms with van der Waals surface area (Å²) in [7, 11) is 3.16. The summed E-state index contributed by atoms with van der Waals surface area (Å²) in [4.78, 5) is 16.5. The zero-order valence-corrected chi connectivity index (χ0v) is 13.6. The van der Waals surface area contributed by atoms with Gasteiger partial charge in [-0.25, -0.2) is 0 Å². The molecule has 0 radical (unpaired) electrons. The minimum atomic E-state index is -0.0912. The maximum absolute atomic E-state index is 12.4. The zero-order valence-electron chi connectivity index (χ0n) is 13.6. The van der Waals surface area contributed by atoms with Crippen LogP contribution in [0.15, 0.2) is 54.9 Å². The second kappa shape index (κ2) is 7.00. The van der Waals surface area contributed by atoms with E-state index in [1.54, 1.807) is 32.7 Å². The Kier molecular flexibility index (Phi) is 4.61. The molecular weight excluding hydrogens is 304 g/mol. The monoisotopic (exact) mass is 322 g/mol. The Morgan fingerprint density at radius 2 is 1.92 bits per heavy atom. The number of carbonyl (C=O) groups excluding carboxylic acids is 1. The number of rotatable bonds is 5. The summed E-state index contributed by atoms with van der Waals surface area (Å²) in [5.41, 5.74) is 1.63. The van der Waals surface area contributed by atoms with Crippen molar-refractivity contribution in [3.63, 3.8) is 0 Å². The van der Waals surface area contributed by atoms with E-state index in [0.29, 0.717) is 11.5 Å². The van der Waals surface area contributed by atoms with Crippen LogP contribution >= 0.6 is 0 Å². The quantitative estimate of drug-likeness (QED) is 0.782. The number of ether oxygens (including phenoxy) is 2. The summed E-state index contributed by atoms with van der Waals surface area (Å²) < 4.78 is 10.5. The molecule has 5 nitrogen and oxygen atoms in total. The molecule has 0 saturated heterocycles. The average Bonchev–Trinajstić information content (AvgIpc) is 2.62. The highest BCUT2D eigenvalue weighted by atomic mass is 16.5. The fraction of sp³-hybridized carbons (Fsp3) is 0.158. The molecule has 0 saturated carbocycles. The highest BCUT2D eigenvalue weighted by Crippen LogP contribution is 2.28. The highest BCUT2D eigenvalue weighted by Gasteiger charge is 2.10. The fourth-order valence-corrected chi connectivity index (χ4v) is 2.60. The number of pyridine rings is 1. The number of fused-ring (bicyclic) bond motifs is 1. The number of hydrogen-bond acceptors (Lipinski definition) is 4. The highest BCUT2D eigenvalue weighted by molar-refractivity contribution is 6.02. The lowest BCUT2D eigenvalue weighted by molar-refractivity contribution is -0.115. The molecule has 5 heteroatoms. The maximum atomic E-state index is 12.4. The molecule has 1 heterocycles. The number of aromatic nitrogens is 1. The number of methoxy groups -OCH3 is 2. The van der Waals surface area contributed by atoms with Crippen molar-refractivity contribution in [2.45, 2.75) is 6.42 Å². The van der Waals surface area contributed by atoms with Crippen LogP contribution < -0.4 is 14.8 Å². The van der Waals surface area contributed by atoms with E-state index in [1.807, 2.05) is 36.4 Å². The molecule has 3 rings (SSSR count). The van der Waals surface area contributed by atoms with Gasteiger partial charge in [0.2, 0.25) is 5.91 Å². The van der Waals surface area contributed by atoms with Crippen molar-refractivity contribution in [2.24, 2.45) is 0 Å². The summed E-state index contributed by atoms with van der Waals surface area (Å²) in [5, 5.41) is 4.91.